The molecule has 6 nitrogen and oxygen atoms in total. The van der Waals surface area contributed by atoms with Gasteiger partial charge in [0.15, 0.2) is 0 Å². The van der Waals surface area contributed by atoms with Gasteiger partial charge in [0.25, 0.3) is 0 Å². The van der Waals surface area contributed by atoms with Gasteiger partial charge in [-0.1, -0.05) is 36.2 Å². The number of hydrogen-bond donors (Lipinski definition) is 2. The van der Waals surface area contributed by atoms with E-state index in [9.17, 15) is 9.90 Å². The van der Waals surface area contributed by atoms with Gasteiger partial charge in [0.05, 0.1) is 12.5 Å². The zero-order chi connectivity index (χ0) is 16.3. The fraction of sp³-hybridized carbons (Fsp3) is 0.357. The molecule has 0 aliphatic heterocycles. The largest absolute Gasteiger partial charge is 0.382 e. The van der Waals surface area contributed by atoms with Crippen molar-refractivity contribution in [3.63, 3.8) is 0 Å². The van der Waals surface area contributed by atoms with E-state index < -0.39 is 11.5 Å². The molecule has 0 bridgehead atoms. The summed E-state index contributed by atoms with van der Waals surface area (Å²) >= 11 is 12.1. The van der Waals surface area contributed by atoms with Crippen LogP contribution < -0.4 is 5.32 Å². The van der Waals surface area contributed by atoms with E-state index in [4.69, 9.17) is 23.2 Å². The predicted octanol–water partition coefficient (Wildman–Crippen LogP) is 1.85. The summed E-state index contributed by atoms with van der Waals surface area (Å²) in [5.74, 6) is -1.07. The van der Waals surface area contributed by atoms with E-state index in [1.54, 1.807) is 19.1 Å². The third-order valence-corrected chi connectivity index (χ3v) is 4.17. The molecule has 0 spiro atoms. The molecule has 0 fully saturated rings. The number of carbonyl (C=O) groups excluding carboxylic acids is 1. The quantitative estimate of drug-likeness (QED) is 0.868. The summed E-state index contributed by atoms with van der Waals surface area (Å²) in [5.41, 5.74) is -1.15. The van der Waals surface area contributed by atoms with Crippen molar-refractivity contribution in [2.45, 2.75) is 19.1 Å². The van der Waals surface area contributed by atoms with Crippen LogP contribution in [-0.2, 0) is 16.9 Å². The van der Waals surface area contributed by atoms with Crippen LogP contribution in [0.3, 0.4) is 0 Å². The normalized spacial score (nSPS) is 15.1. The Balaban J connectivity index is 2.50. The number of nitrogens with zero attached hydrogens (tertiary/aromatic N) is 3. The van der Waals surface area contributed by atoms with Crippen LogP contribution in [0.1, 0.15) is 12.5 Å². The van der Waals surface area contributed by atoms with Gasteiger partial charge in [-0.05, 0) is 12.1 Å². The molecule has 0 aliphatic rings. The van der Waals surface area contributed by atoms with E-state index >= 15 is 0 Å². The minimum Gasteiger partial charge on any atom is -0.382 e. The van der Waals surface area contributed by atoms with E-state index in [-0.39, 0.29) is 17.5 Å². The van der Waals surface area contributed by atoms with Crippen molar-refractivity contribution in [1.29, 1.82) is 0 Å². The number of carbonyl (C=O) groups is 1. The number of halogens is 2. The Labute approximate surface area is 138 Å². The van der Waals surface area contributed by atoms with Crippen molar-refractivity contribution in [3.05, 3.63) is 46.5 Å². The number of rotatable bonds is 5. The molecule has 1 aromatic heterocycles. The van der Waals surface area contributed by atoms with Gasteiger partial charge in [-0.3, -0.25) is 4.79 Å². The standard InChI is InChI=1S/C14H16Cl2N4O2/c1-9(13(21)17-2)14(22,6-20-8-18-7-19-20)11-4-3-10(15)5-12(11)16/h3-5,7-9,22H,6H2,1-2H3,(H,17,21). The Morgan fingerprint density at radius 3 is 2.77 bits per heavy atom. The number of aliphatic hydroxyl groups is 1. The van der Waals surface area contributed by atoms with Crippen molar-refractivity contribution in [3.8, 4) is 0 Å². The molecule has 2 unspecified atom stereocenters. The first-order chi connectivity index (χ1) is 10.4. The van der Waals surface area contributed by atoms with Gasteiger partial charge < -0.3 is 10.4 Å². The summed E-state index contributed by atoms with van der Waals surface area (Å²) in [6, 6.07) is 4.76. The minimum atomic E-state index is -1.56. The molecule has 2 aromatic rings. The Morgan fingerprint density at radius 2 is 2.23 bits per heavy atom. The first-order valence-corrected chi connectivity index (χ1v) is 7.36. The smallest absolute Gasteiger partial charge is 0.225 e. The summed E-state index contributed by atoms with van der Waals surface area (Å²) in [6.45, 7) is 1.66. The zero-order valence-electron chi connectivity index (χ0n) is 12.1. The van der Waals surface area contributed by atoms with Crippen LogP contribution >= 0.6 is 23.2 Å². The molecule has 0 saturated heterocycles. The lowest BCUT2D eigenvalue weighted by molar-refractivity contribution is -0.135. The van der Waals surface area contributed by atoms with Crippen LogP contribution in [0.15, 0.2) is 30.9 Å². The van der Waals surface area contributed by atoms with Gasteiger partial charge in [0.2, 0.25) is 5.91 Å². The molecule has 2 rings (SSSR count). The third-order valence-electron chi connectivity index (χ3n) is 3.62. The second-order valence-corrected chi connectivity index (χ2v) is 5.82. The number of benzene rings is 1. The monoisotopic (exact) mass is 342 g/mol. The van der Waals surface area contributed by atoms with Gasteiger partial charge in [0, 0.05) is 22.7 Å². The maximum atomic E-state index is 12.1. The number of hydrogen-bond acceptors (Lipinski definition) is 4. The second-order valence-electron chi connectivity index (χ2n) is 4.98. The Kier molecular flexibility index (Phi) is 5.05. The first kappa shape index (κ1) is 16.7. The highest BCUT2D eigenvalue weighted by Gasteiger charge is 2.41. The molecule has 22 heavy (non-hydrogen) atoms. The number of amides is 1. The molecule has 8 heteroatoms. The SMILES string of the molecule is CNC(=O)C(C)C(O)(Cn1cncn1)c1ccc(Cl)cc1Cl. The molecule has 0 radical (unpaired) electrons. The average molecular weight is 343 g/mol. The molecule has 1 amide bonds. The van der Waals surface area contributed by atoms with Gasteiger partial charge in [-0.2, -0.15) is 5.10 Å². The highest BCUT2D eigenvalue weighted by atomic mass is 35.5. The fourth-order valence-corrected chi connectivity index (χ4v) is 2.86. The predicted molar refractivity (Wildman–Crippen MR) is 83.6 cm³/mol. The maximum absolute atomic E-state index is 12.1. The second kappa shape index (κ2) is 6.64. The molecule has 2 atom stereocenters. The number of aromatic nitrogens is 3. The molecule has 1 heterocycles. The van der Waals surface area contributed by atoms with Gasteiger partial charge >= 0.3 is 0 Å². The Hall–Kier alpha value is -1.63. The van der Waals surface area contributed by atoms with Crippen molar-refractivity contribution in [1.82, 2.24) is 20.1 Å². The van der Waals surface area contributed by atoms with Crippen molar-refractivity contribution < 1.29 is 9.90 Å². The van der Waals surface area contributed by atoms with Crippen molar-refractivity contribution >= 4 is 29.1 Å². The van der Waals surface area contributed by atoms with E-state index in [2.05, 4.69) is 15.4 Å². The summed E-state index contributed by atoms with van der Waals surface area (Å²) in [7, 11) is 1.51. The van der Waals surface area contributed by atoms with Crippen LogP contribution in [0.5, 0.6) is 0 Å². The summed E-state index contributed by atoms with van der Waals surface area (Å²) in [6.07, 6.45) is 2.82. The maximum Gasteiger partial charge on any atom is 0.225 e. The summed E-state index contributed by atoms with van der Waals surface area (Å²) < 4.78 is 1.45. The van der Waals surface area contributed by atoms with Crippen LogP contribution in [0.25, 0.3) is 0 Å². The van der Waals surface area contributed by atoms with Crippen molar-refractivity contribution in [2.24, 2.45) is 5.92 Å². The van der Waals surface area contributed by atoms with Crippen molar-refractivity contribution in [2.75, 3.05) is 7.05 Å². The highest BCUT2D eigenvalue weighted by molar-refractivity contribution is 6.35. The fourth-order valence-electron chi connectivity index (χ4n) is 2.29. The van der Waals surface area contributed by atoms with E-state index in [0.717, 1.165) is 0 Å². The summed E-state index contributed by atoms with van der Waals surface area (Å²) in [5, 5.41) is 18.5. The lowest BCUT2D eigenvalue weighted by Gasteiger charge is -2.34. The third kappa shape index (κ3) is 3.24. The molecular weight excluding hydrogens is 327 g/mol. The molecule has 2 N–H and O–H groups in total. The molecule has 1 aromatic carbocycles. The van der Waals surface area contributed by atoms with E-state index in [0.29, 0.717) is 10.6 Å². The molecular formula is C14H16Cl2N4O2. The van der Waals surface area contributed by atoms with Gasteiger partial charge in [-0.25, -0.2) is 9.67 Å². The van der Waals surface area contributed by atoms with Gasteiger partial charge in [0.1, 0.15) is 18.3 Å². The lowest BCUT2D eigenvalue weighted by Crippen LogP contribution is -2.45. The molecule has 0 saturated carbocycles. The van der Waals surface area contributed by atoms with Crippen LogP contribution in [-0.4, -0.2) is 32.8 Å². The van der Waals surface area contributed by atoms with Crippen LogP contribution in [0.4, 0.5) is 0 Å². The Morgan fingerprint density at radius 1 is 1.50 bits per heavy atom. The Bertz CT molecular complexity index is 663. The van der Waals surface area contributed by atoms with Crippen LogP contribution in [0.2, 0.25) is 10.0 Å². The molecule has 118 valence electrons. The lowest BCUT2D eigenvalue weighted by atomic mass is 9.81. The van der Waals surface area contributed by atoms with Crippen LogP contribution in [0, 0.1) is 5.92 Å². The van der Waals surface area contributed by atoms with E-state index in [1.807, 2.05) is 0 Å². The summed E-state index contributed by atoms with van der Waals surface area (Å²) in [4.78, 5) is 15.9. The van der Waals surface area contributed by atoms with E-state index in [1.165, 1.54) is 30.5 Å². The number of nitrogens with one attached hydrogen (secondary N) is 1. The molecule has 0 aliphatic carbocycles. The zero-order valence-corrected chi connectivity index (χ0v) is 13.6. The topological polar surface area (TPSA) is 80.0 Å². The average Bonchev–Trinajstić information content (AvgIpc) is 2.98. The highest BCUT2D eigenvalue weighted by Crippen LogP contribution is 2.37. The first-order valence-electron chi connectivity index (χ1n) is 6.60. The van der Waals surface area contributed by atoms with Gasteiger partial charge in [-0.15, -0.1) is 0 Å². The minimum absolute atomic E-state index is 0.0307.